The Morgan fingerprint density at radius 1 is 1.75 bits per heavy atom. The van der Waals surface area contributed by atoms with E-state index in [1.807, 2.05) is 25.4 Å². The van der Waals surface area contributed by atoms with Crippen molar-refractivity contribution in [3.05, 3.63) is 24.0 Å². The molecule has 1 aromatic heterocycles. The van der Waals surface area contributed by atoms with Crippen molar-refractivity contribution in [1.29, 1.82) is 5.26 Å². The van der Waals surface area contributed by atoms with Gasteiger partial charge in [0.1, 0.15) is 0 Å². The summed E-state index contributed by atoms with van der Waals surface area (Å²) in [6, 6.07) is 6.41. The first-order valence-electron chi connectivity index (χ1n) is 4.06. The van der Waals surface area contributed by atoms with Crippen molar-refractivity contribution in [3.8, 4) is 6.07 Å². The molecular formula is C9H13N3. The Hall–Kier alpha value is -1.27. The maximum atomic E-state index is 8.42. The number of nitrogens with one attached hydrogen (secondary N) is 2. The highest BCUT2D eigenvalue weighted by molar-refractivity contribution is 5.09. The van der Waals surface area contributed by atoms with Gasteiger partial charge in [0.05, 0.1) is 6.07 Å². The lowest BCUT2D eigenvalue weighted by Crippen LogP contribution is -2.16. The van der Waals surface area contributed by atoms with E-state index in [1.54, 1.807) is 0 Å². The van der Waals surface area contributed by atoms with Crippen LogP contribution >= 0.6 is 0 Å². The highest BCUT2D eigenvalue weighted by Crippen LogP contribution is 2.14. The Labute approximate surface area is 72.4 Å². The molecule has 3 nitrogen and oxygen atoms in total. The summed E-state index contributed by atoms with van der Waals surface area (Å²) in [5.74, 6) is 0. The van der Waals surface area contributed by atoms with Gasteiger partial charge >= 0.3 is 0 Å². The monoisotopic (exact) mass is 163 g/mol. The van der Waals surface area contributed by atoms with Crippen molar-refractivity contribution in [1.82, 2.24) is 10.3 Å². The van der Waals surface area contributed by atoms with Crippen molar-refractivity contribution in [2.24, 2.45) is 0 Å². The Bertz CT molecular complexity index is 245. The van der Waals surface area contributed by atoms with Crippen LogP contribution in [0.2, 0.25) is 0 Å². The summed E-state index contributed by atoms with van der Waals surface area (Å²) in [4.78, 5) is 3.13. The molecule has 0 fully saturated rings. The highest BCUT2D eigenvalue weighted by atomic mass is 14.9. The number of rotatable bonds is 4. The molecular weight excluding hydrogens is 150 g/mol. The average Bonchev–Trinajstić information content (AvgIpc) is 2.59. The molecule has 0 amide bonds. The molecule has 0 saturated carbocycles. The number of nitriles is 1. The smallest absolute Gasteiger partial charge is 0.0622 e. The number of aromatic nitrogens is 1. The van der Waals surface area contributed by atoms with E-state index >= 15 is 0 Å². The summed E-state index contributed by atoms with van der Waals surface area (Å²) >= 11 is 0. The minimum Gasteiger partial charge on any atom is -0.364 e. The van der Waals surface area contributed by atoms with Gasteiger partial charge in [-0.1, -0.05) is 0 Å². The van der Waals surface area contributed by atoms with E-state index in [1.165, 1.54) is 0 Å². The van der Waals surface area contributed by atoms with Gasteiger partial charge in [-0.05, 0) is 25.6 Å². The fourth-order valence-electron chi connectivity index (χ4n) is 1.23. The molecule has 1 unspecified atom stereocenters. The number of H-pyrrole nitrogens is 1. The molecule has 1 atom stereocenters. The average molecular weight is 163 g/mol. The Balaban J connectivity index is 2.52. The normalized spacial score (nSPS) is 12.3. The molecule has 0 aliphatic rings. The van der Waals surface area contributed by atoms with E-state index < -0.39 is 0 Å². The lowest BCUT2D eigenvalue weighted by Gasteiger charge is -2.12. The van der Waals surface area contributed by atoms with Crippen molar-refractivity contribution in [2.75, 3.05) is 7.05 Å². The summed E-state index contributed by atoms with van der Waals surface area (Å²) in [7, 11) is 1.91. The first kappa shape index (κ1) is 8.82. The van der Waals surface area contributed by atoms with Crippen LogP contribution in [0.3, 0.4) is 0 Å². The SMILES string of the molecule is CNC(CCC#N)c1ccc[nH]1. The molecule has 0 spiro atoms. The van der Waals surface area contributed by atoms with Gasteiger partial charge in [-0.3, -0.25) is 0 Å². The van der Waals surface area contributed by atoms with Crippen LogP contribution in [0.15, 0.2) is 18.3 Å². The van der Waals surface area contributed by atoms with Crippen molar-refractivity contribution < 1.29 is 0 Å². The summed E-state index contributed by atoms with van der Waals surface area (Å²) in [6.07, 6.45) is 3.34. The molecule has 1 heterocycles. The maximum Gasteiger partial charge on any atom is 0.0622 e. The van der Waals surface area contributed by atoms with Gasteiger partial charge in [0.25, 0.3) is 0 Å². The third-order valence-electron chi connectivity index (χ3n) is 1.89. The van der Waals surface area contributed by atoms with Gasteiger partial charge in [0.2, 0.25) is 0 Å². The van der Waals surface area contributed by atoms with E-state index in [9.17, 15) is 0 Å². The van der Waals surface area contributed by atoms with Crippen molar-refractivity contribution >= 4 is 0 Å². The second-order valence-corrected chi connectivity index (χ2v) is 2.66. The molecule has 0 saturated heterocycles. The number of hydrogen-bond acceptors (Lipinski definition) is 2. The zero-order valence-corrected chi connectivity index (χ0v) is 7.17. The van der Waals surface area contributed by atoms with E-state index in [-0.39, 0.29) is 6.04 Å². The molecule has 1 rings (SSSR count). The topological polar surface area (TPSA) is 51.6 Å². The number of aromatic amines is 1. The highest BCUT2D eigenvalue weighted by Gasteiger charge is 2.07. The fourth-order valence-corrected chi connectivity index (χ4v) is 1.23. The molecule has 12 heavy (non-hydrogen) atoms. The first-order valence-corrected chi connectivity index (χ1v) is 4.06. The van der Waals surface area contributed by atoms with Gasteiger partial charge in [-0.2, -0.15) is 5.26 Å². The third-order valence-corrected chi connectivity index (χ3v) is 1.89. The van der Waals surface area contributed by atoms with Crippen molar-refractivity contribution in [2.45, 2.75) is 18.9 Å². The van der Waals surface area contributed by atoms with Crippen LogP contribution in [0.5, 0.6) is 0 Å². The molecule has 0 bridgehead atoms. The largest absolute Gasteiger partial charge is 0.364 e. The van der Waals surface area contributed by atoms with Crippen LogP contribution in [0.4, 0.5) is 0 Å². The zero-order chi connectivity index (χ0) is 8.81. The Morgan fingerprint density at radius 2 is 2.58 bits per heavy atom. The maximum absolute atomic E-state index is 8.42. The predicted molar refractivity (Wildman–Crippen MR) is 47.4 cm³/mol. The van der Waals surface area contributed by atoms with Gasteiger partial charge in [-0.25, -0.2) is 0 Å². The van der Waals surface area contributed by atoms with E-state index in [2.05, 4.69) is 16.4 Å². The van der Waals surface area contributed by atoms with E-state index in [0.717, 1.165) is 12.1 Å². The summed E-state index contributed by atoms with van der Waals surface area (Å²) in [5.41, 5.74) is 1.15. The van der Waals surface area contributed by atoms with E-state index in [4.69, 9.17) is 5.26 Å². The summed E-state index contributed by atoms with van der Waals surface area (Å²) in [6.45, 7) is 0. The van der Waals surface area contributed by atoms with Gasteiger partial charge in [-0.15, -0.1) is 0 Å². The summed E-state index contributed by atoms with van der Waals surface area (Å²) in [5, 5.41) is 11.6. The molecule has 0 aliphatic heterocycles. The van der Waals surface area contributed by atoms with Crippen LogP contribution < -0.4 is 5.32 Å². The van der Waals surface area contributed by atoms with Crippen LogP contribution in [-0.4, -0.2) is 12.0 Å². The van der Waals surface area contributed by atoms with Crippen molar-refractivity contribution in [3.63, 3.8) is 0 Å². The lowest BCUT2D eigenvalue weighted by molar-refractivity contribution is 0.546. The fraction of sp³-hybridized carbons (Fsp3) is 0.444. The predicted octanol–water partition coefficient (Wildman–Crippen LogP) is 1.58. The minimum atomic E-state index is 0.277. The standard InChI is InChI=1S/C9H13N3/c1-11-8(4-2-6-10)9-5-3-7-12-9/h3,5,7-8,11-12H,2,4H2,1H3. The molecule has 0 aromatic carbocycles. The quantitative estimate of drug-likeness (QED) is 0.708. The van der Waals surface area contributed by atoms with Crippen LogP contribution in [0, 0.1) is 11.3 Å². The number of hydrogen-bond donors (Lipinski definition) is 2. The molecule has 2 N–H and O–H groups in total. The van der Waals surface area contributed by atoms with Crippen LogP contribution in [0.25, 0.3) is 0 Å². The number of nitrogens with zero attached hydrogens (tertiary/aromatic N) is 1. The second kappa shape index (κ2) is 4.58. The van der Waals surface area contributed by atoms with Crippen LogP contribution in [-0.2, 0) is 0 Å². The van der Waals surface area contributed by atoms with Gasteiger partial charge in [0, 0.05) is 24.4 Å². The molecule has 64 valence electrons. The van der Waals surface area contributed by atoms with Gasteiger partial charge < -0.3 is 10.3 Å². The van der Waals surface area contributed by atoms with E-state index in [0.29, 0.717) is 6.42 Å². The van der Waals surface area contributed by atoms with Crippen LogP contribution in [0.1, 0.15) is 24.6 Å². The Kier molecular flexibility index (Phi) is 3.36. The lowest BCUT2D eigenvalue weighted by atomic mass is 10.1. The third kappa shape index (κ3) is 2.11. The molecule has 0 aliphatic carbocycles. The molecule has 3 heteroatoms. The molecule has 1 aromatic rings. The van der Waals surface area contributed by atoms with Gasteiger partial charge in [0.15, 0.2) is 0 Å². The second-order valence-electron chi connectivity index (χ2n) is 2.66. The Morgan fingerprint density at radius 3 is 3.08 bits per heavy atom. The minimum absolute atomic E-state index is 0.277. The first-order chi connectivity index (χ1) is 5.88. The zero-order valence-electron chi connectivity index (χ0n) is 7.17. The molecule has 0 radical (unpaired) electrons. The summed E-state index contributed by atoms with van der Waals surface area (Å²) < 4.78 is 0.